The van der Waals surface area contributed by atoms with Crippen molar-refractivity contribution in [1.29, 1.82) is 0 Å². The van der Waals surface area contributed by atoms with Crippen molar-refractivity contribution in [2.24, 2.45) is 0 Å². The maximum atomic E-state index is 11.4. The number of carbonyl (C=O) groups excluding carboxylic acids is 2. The second-order valence-corrected chi connectivity index (χ2v) is 4.05. The summed E-state index contributed by atoms with van der Waals surface area (Å²) in [6.07, 6.45) is 0. The molecule has 108 valence electrons. The van der Waals surface area contributed by atoms with Crippen LogP contribution in [0.25, 0.3) is 0 Å². The Morgan fingerprint density at radius 3 is 2.25 bits per heavy atom. The summed E-state index contributed by atoms with van der Waals surface area (Å²) < 4.78 is 5.22. The minimum atomic E-state index is -1.15. The van der Waals surface area contributed by atoms with Gasteiger partial charge in [0.15, 0.2) is 6.61 Å². The first kappa shape index (κ1) is 15.5. The Morgan fingerprint density at radius 1 is 1.05 bits per heavy atom. The van der Waals surface area contributed by atoms with Crippen molar-refractivity contribution in [3.8, 4) is 5.75 Å². The Kier molecular flexibility index (Phi) is 6.02. The molecule has 0 fully saturated rings. The maximum absolute atomic E-state index is 11.4. The van der Waals surface area contributed by atoms with Gasteiger partial charge in [0.05, 0.1) is 6.54 Å². The van der Waals surface area contributed by atoms with Gasteiger partial charge >= 0.3 is 5.97 Å². The summed E-state index contributed by atoms with van der Waals surface area (Å²) in [5.41, 5.74) is 1.08. The highest BCUT2D eigenvalue weighted by Crippen LogP contribution is 2.10. The highest BCUT2D eigenvalue weighted by Gasteiger charge is 2.07. The fourth-order valence-corrected chi connectivity index (χ4v) is 1.25. The third kappa shape index (κ3) is 6.39. The topological polar surface area (TPSA) is 105 Å². The largest absolute Gasteiger partial charge is 0.484 e. The first-order valence-corrected chi connectivity index (χ1v) is 5.92. The third-order valence-electron chi connectivity index (χ3n) is 2.27. The van der Waals surface area contributed by atoms with Crippen molar-refractivity contribution >= 4 is 17.8 Å². The van der Waals surface area contributed by atoms with Gasteiger partial charge in [0.25, 0.3) is 5.91 Å². The van der Waals surface area contributed by atoms with Crippen LogP contribution < -0.4 is 15.4 Å². The van der Waals surface area contributed by atoms with Gasteiger partial charge in [-0.2, -0.15) is 0 Å². The van der Waals surface area contributed by atoms with Crippen LogP contribution in [0.15, 0.2) is 24.3 Å². The molecule has 0 aliphatic rings. The smallest absolute Gasteiger partial charge is 0.322 e. The minimum absolute atomic E-state index is 0.213. The number of aryl methyl sites for hydroxylation is 1. The normalized spacial score (nSPS) is 9.65. The molecule has 0 saturated carbocycles. The standard InChI is InChI=1S/C13H16N2O5/c1-9-2-4-10(5-3-9)20-8-12(17)14-6-11(16)15-7-13(18)19/h2-5H,6-8H2,1H3,(H,14,17)(H,15,16)(H,18,19). The van der Waals surface area contributed by atoms with Crippen LogP contribution in [0.3, 0.4) is 0 Å². The van der Waals surface area contributed by atoms with E-state index in [1.54, 1.807) is 12.1 Å². The fraction of sp³-hybridized carbons (Fsp3) is 0.308. The SMILES string of the molecule is Cc1ccc(OCC(=O)NCC(=O)NCC(=O)O)cc1. The number of carboxylic acid groups (broad SMARTS) is 1. The molecule has 0 atom stereocenters. The Hall–Kier alpha value is -2.57. The lowest BCUT2D eigenvalue weighted by Gasteiger charge is -2.07. The zero-order valence-corrected chi connectivity index (χ0v) is 11.0. The van der Waals surface area contributed by atoms with Crippen molar-refractivity contribution in [3.63, 3.8) is 0 Å². The Bertz CT molecular complexity index is 484. The van der Waals surface area contributed by atoms with E-state index < -0.39 is 24.3 Å². The highest BCUT2D eigenvalue weighted by molar-refractivity contribution is 5.87. The summed E-state index contributed by atoms with van der Waals surface area (Å²) >= 11 is 0. The van der Waals surface area contributed by atoms with Gasteiger partial charge in [-0.25, -0.2) is 0 Å². The molecule has 0 aliphatic carbocycles. The lowest BCUT2D eigenvalue weighted by Crippen LogP contribution is -2.40. The monoisotopic (exact) mass is 280 g/mol. The third-order valence-corrected chi connectivity index (χ3v) is 2.27. The predicted octanol–water partition coefficient (Wildman–Crippen LogP) is -0.309. The molecule has 0 heterocycles. The number of rotatable bonds is 7. The number of aliphatic carboxylic acids is 1. The molecular weight excluding hydrogens is 264 g/mol. The van der Waals surface area contributed by atoms with Gasteiger partial charge in [0.2, 0.25) is 5.91 Å². The summed E-state index contributed by atoms with van der Waals surface area (Å²) in [6, 6.07) is 7.18. The van der Waals surface area contributed by atoms with E-state index >= 15 is 0 Å². The molecule has 0 spiro atoms. The van der Waals surface area contributed by atoms with Gasteiger partial charge in [-0.05, 0) is 19.1 Å². The Labute approximate surface area is 115 Å². The summed E-state index contributed by atoms with van der Waals surface area (Å²) in [4.78, 5) is 32.7. The van der Waals surface area contributed by atoms with Gasteiger partial charge < -0.3 is 20.5 Å². The van der Waals surface area contributed by atoms with Crippen LogP contribution in [0.5, 0.6) is 5.75 Å². The molecule has 0 aromatic heterocycles. The zero-order chi connectivity index (χ0) is 15.0. The number of ether oxygens (including phenoxy) is 1. The number of carbonyl (C=O) groups is 3. The summed E-state index contributed by atoms with van der Waals surface area (Å²) in [5.74, 6) is -1.62. The molecule has 20 heavy (non-hydrogen) atoms. The molecule has 0 aliphatic heterocycles. The summed E-state index contributed by atoms with van der Waals surface area (Å²) in [6.45, 7) is 0.958. The molecule has 1 aromatic carbocycles. The summed E-state index contributed by atoms with van der Waals surface area (Å²) in [7, 11) is 0. The Morgan fingerprint density at radius 2 is 1.65 bits per heavy atom. The van der Waals surface area contributed by atoms with Crippen LogP contribution in [0.4, 0.5) is 0 Å². The van der Waals surface area contributed by atoms with E-state index in [4.69, 9.17) is 9.84 Å². The number of amides is 2. The first-order chi connectivity index (χ1) is 9.47. The van der Waals surface area contributed by atoms with Crippen LogP contribution in [-0.2, 0) is 14.4 Å². The summed E-state index contributed by atoms with van der Waals surface area (Å²) in [5, 5.41) is 12.8. The van der Waals surface area contributed by atoms with E-state index in [2.05, 4.69) is 10.6 Å². The van der Waals surface area contributed by atoms with E-state index in [9.17, 15) is 14.4 Å². The van der Waals surface area contributed by atoms with Gasteiger partial charge in [-0.15, -0.1) is 0 Å². The molecule has 0 bridgehead atoms. The number of carboxylic acids is 1. The number of hydrogen-bond donors (Lipinski definition) is 3. The average Bonchev–Trinajstić information content (AvgIpc) is 2.42. The van der Waals surface area contributed by atoms with Gasteiger partial charge in [-0.1, -0.05) is 17.7 Å². The van der Waals surface area contributed by atoms with Crippen molar-refractivity contribution in [3.05, 3.63) is 29.8 Å². The molecule has 1 aromatic rings. The molecule has 7 heteroatoms. The van der Waals surface area contributed by atoms with Crippen molar-refractivity contribution in [1.82, 2.24) is 10.6 Å². The van der Waals surface area contributed by atoms with Crippen LogP contribution in [0, 0.1) is 6.92 Å². The van der Waals surface area contributed by atoms with Crippen LogP contribution in [0.2, 0.25) is 0 Å². The molecule has 0 saturated heterocycles. The minimum Gasteiger partial charge on any atom is -0.484 e. The molecule has 1 rings (SSSR count). The highest BCUT2D eigenvalue weighted by atomic mass is 16.5. The number of nitrogens with one attached hydrogen (secondary N) is 2. The first-order valence-electron chi connectivity index (χ1n) is 5.92. The molecular formula is C13H16N2O5. The molecule has 7 nitrogen and oxygen atoms in total. The fourth-order valence-electron chi connectivity index (χ4n) is 1.25. The van der Waals surface area contributed by atoms with Crippen molar-refractivity contribution in [2.75, 3.05) is 19.7 Å². The van der Waals surface area contributed by atoms with Crippen molar-refractivity contribution < 1.29 is 24.2 Å². The molecule has 0 unspecified atom stereocenters. The van der Waals surface area contributed by atoms with Crippen molar-refractivity contribution in [2.45, 2.75) is 6.92 Å². The van der Waals surface area contributed by atoms with Gasteiger partial charge in [-0.3, -0.25) is 14.4 Å². The number of benzene rings is 1. The van der Waals surface area contributed by atoms with E-state index in [0.29, 0.717) is 5.75 Å². The van der Waals surface area contributed by atoms with Crippen LogP contribution in [0.1, 0.15) is 5.56 Å². The van der Waals surface area contributed by atoms with Gasteiger partial charge in [0, 0.05) is 0 Å². The second kappa shape index (κ2) is 7.78. The lowest BCUT2D eigenvalue weighted by atomic mass is 10.2. The van der Waals surface area contributed by atoms with Gasteiger partial charge in [0.1, 0.15) is 12.3 Å². The van der Waals surface area contributed by atoms with E-state index in [1.807, 2.05) is 19.1 Å². The van der Waals surface area contributed by atoms with E-state index in [0.717, 1.165) is 5.56 Å². The van der Waals surface area contributed by atoms with Crippen LogP contribution >= 0.6 is 0 Å². The predicted molar refractivity (Wildman–Crippen MR) is 70.3 cm³/mol. The molecule has 0 radical (unpaired) electrons. The Balaban J connectivity index is 2.21. The number of hydrogen-bond acceptors (Lipinski definition) is 4. The van der Waals surface area contributed by atoms with E-state index in [-0.39, 0.29) is 13.2 Å². The average molecular weight is 280 g/mol. The maximum Gasteiger partial charge on any atom is 0.322 e. The molecule has 2 amide bonds. The van der Waals surface area contributed by atoms with Crippen LogP contribution in [-0.4, -0.2) is 42.6 Å². The lowest BCUT2D eigenvalue weighted by molar-refractivity contribution is -0.137. The second-order valence-electron chi connectivity index (χ2n) is 4.05. The molecule has 3 N–H and O–H groups in total. The quantitative estimate of drug-likeness (QED) is 0.635. The zero-order valence-electron chi connectivity index (χ0n) is 11.0. The van der Waals surface area contributed by atoms with E-state index in [1.165, 1.54) is 0 Å².